The molecule has 3 heteroatoms. The quantitative estimate of drug-likeness (QED) is 0.738. The van der Waals surface area contributed by atoms with Gasteiger partial charge >= 0.3 is 0 Å². The van der Waals surface area contributed by atoms with Crippen LogP contribution in [0.15, 0.2) is 60.7 Å². The molecule has 122 valence electrons. The first kappa shape index (κ1) is 20.2. The maximum atomic E-state index is 8.63. The molecule has 22 heavy (non-hydrogen) atoms. The molecule has 0 spiro atoms. The maximum Gasteiger partial charge on any atom is 0.115 e. The number of nitrogens with two attached hydrogens (primary N) is 1. The summed E-state index contributed by atoms with van der Waals surface area (Å²) >= 11 is 0. The first-order chi connectivity index (χ1) is 10.7. The van der Waals surface area contributed by atoms with Crippen LogP contribution in [-0.2, 0) is 0 Å². The SMILES string of the molecule is CCCNCCCN.Cc1ccccc1.Oc1ccccc1. The molecule has 0 radical (unpaired) electrons. The lowest BCUT2D eigenvalue weighted by atomic mass is 10.2. The van der Waals surface area contributed by atoms with Crippen LogP contribution in [-0.4, -0.2) is 24.7 Å². The van der Waals surface area contributed by atoms with Gasteiger partial charge in [0.2, 0.25) is 0 Å². The van der Waals surface area contributed by atoms with Crippen LogP contribution in [0.3, 0.4) is 0 Å². The van der Waals surface area contributed by atoms with E-state index in [4.69, 9.17) is 10.8 Å². The number of phenolic OH excluding ortho intramolecular Hbond substituents is 1. The Balaban J connectivity index is 0.000000301. The fraction of sp³-hybridized carbons (Fsp3) is 0.368. The van der Waals surface area contributed by atoms with Crippen molar-refractivity contribution in [1.82, 2.24) is 5.32 Å². The van der Waals surface area contributed by atoms with Crippen molar-refractivity contribution < 1.29 is 5.11 Å². The highest BCUT2D eigenvalue weighted by Crippen LogP contribution is 2.02. The fourth-order valence-corrected chi connectivity index (χ4v) is 1.49. The third-order valence-electron chi connectivity index (χ3n) is 2.68. The van der Waals surface area contributed by atoms with E-state index < -0.39 is 0 Å². The summed E-state index contributed by atoms with van der Waals surface area (Å²) in [4.78, 5) is 0. The van der Waals surface area contributed by atoms with Crippen molar-refractivity contribution >= 4 is 0 Å². The van der Waals surface area contributed by atoms with E-state index >= 15 is 0 Å². The van der Waals surface area contributed by atoms with Crippen molar-refractivity contribution in [2.24, 2.45) is 5.73 Å². The zero-order valence-electron chi connectivity index (χ0n) is 13.8. The minimum absolute atomic E-state index is 0.322. The Bertz CT molecular complexity index is 388. The summed E-state index contributed by atoms with van der Waals surface area (Å²) in [5, 5.41) is 11.9. The molecule has 0 aliphatic heterocycles. The van der Waals surface area contributed by atoms with Gasteiger partial charge < -0.3 is 16.2 Å². The number of nitrogens with one attached hydrogen (secondary N) is 1. The molecule has 0 aliphatic rings. The molecule has 2 aromatic carbocycles. The van der Waals surface area contributed by atoms with E-state index in [-0.39, 0.29) is 0 Å². The van der Waals surface area contributed by atoms with Crippen molar-refractivity contribution in [3.05, 3.63) is 66.2 Å². The molecule has 0 unspecified atom stereocenters. The fourth-order valence-electron chi connectivity index (χ4n) is 1.49. The third-order valence-corrected chi connectivity index (χ3v) is 2.68. The smallest absolute Gasteiger partial charge is 0.115 e. The average Bonchev–Trinajstić information content (AvgIpc) is 2.54. The second kappa shape index (κ2) is 15.5. The van der Waals surface area contributed by atoms with Crippen molar-refractivity contribution in [1.29, 1.82) is 0 Å². The van der Waals surface area contributed by atoms with Crippen LogP contribution in [0.25, 0.3) is 0 Å². The number of hydrogen-bond acceptors (Lipinski definition) is 3. The zero-order chi connectivity index (χ0) is 16.5. The van der Waals surface area contributed by atoms with E-state index in [1.54, 1.807) is 24.3 Å². The van der Waals surface area contributed by atoms with Crippen molar-refractivity contribution in [2.75, 3.05) is 19.6 Å². The molecule has 0 saturated carbocycles. The van der Waals surface area contributed by atoms with Gasteiger partial charge in [-0.2, -0.15) is 0 Å². The Morgan fingerprint density at radius 1 is 0.909 bits per heavy atom. The van der Waals surface area contributed by atoms with Gasteiger partial charge in [0.1, 0.15) is 5.75 Å². The average molecular weight is 302 g/mol. The van der Waals surface area contributed by atoms with Gasteiger partial charge in [0.25, 0.3) is 0 Å². The first-order valence-corrected chi connectivity index (χ1v) is 7.87. The number of hydrogen-bond donors (Lipinski definition) is 3. The van der Waals surface area contributed by atoms with Gasteiger partial charge in [-0.05, 0) is 51.5 Å². The largest absolute Gasteiger partial charge is 0.508 e. The minimum Gasteiger partial charge on any atom is -0.508 e. The second-order valence-electron chi connectivity index (χ2n) is 4.88. The molecule has 4 N–H and O–H groups in total. The Kier molecular flexibility index (Phi) is 14.2. The number of benzene rings is 2. The Labute approximate surface area is 135 Å². The highest BCUT2D eigenvalue weighted by molar-refractivity contribution is 5.18. The molecule has 0 heterocycles. The van der Waals surface area contributed by atoms with Gasteiger partial charge in [-0.25, -0.2) is 0 Å². The molecule has 0 aliphatic carbocycles. The molecule has 3 nitrogen and oxygen atoms in total. The Hall–Kier alpha value is -1.84. The van der Waals surface area contributed by atoms with Crippen LogP contribution < -0.4 is 11.1 Å². The summed E-state index contributed by atoms with van der Waals surface area (Å²) in [7, 11) is 0. The van der Waals surface area contributed by atoms with Crippen LogP contribution in [0, 0.1) is 6.92 Å². The Morgan fingerprint density at radius 2 is 1.45 bits per heavy atom. The first-order valence-electron chi connectivity index (χ1n) is 7.87. The van der Waals surface area contributed by atoms with E-state index in [1.165, 1.54) is 12.0 Å². The Morgan fingerprint density at radius 3 is 1.77 bits per heavy atom. The summed E-state index contributed by atoms with van der Waals surface area (Å²) in [6, 6.07) is 19.0. The predicted octanol–water partition coefficient (Wildman–Crippen LogP) is 3.72. The lowest BCUT2D eigenvalue weighted by Gasteiger charge is -1.98. The normalized spacial score (nSPS) is 9.05. The van der Waals surface area contributed by atoms with Gasteiger partial charge in [0.05, 0.1) is 0 Å². The summed E-state index contributed by atoms with van der Waals surface area (Å²) in [5.74, 6) is 0.322. The van der Waals surface area contributed by atoms with Crippen LogP contribution >= 0.6 is 0 Å². The van der Waals surface area contributed by atoms with Gasteiger partial charge in [0, 0.05) is 0 Å². The molecule has 2 aromatic rings. The van der Waals surface area contributed by atoms with Crippen LogP contribution in [0.2, 0.25) is 0 Å². The standard InChI is InChI=1S/C7H8.C6H16N2.C6H6O/c1-7-5-3-2-4-6-7;1-2-5-8-6-3-4-7;7-6-4-2-1-3-5-6/h2-6H,1H3;8H,2-7H2,1H3;1-5,7H. The van der Waals surface area contributed by atoms with Crippen LogP contribution in [0.1, 0.15) is 25.3 Å². The van der Waals surface area contributed by atoms with Crippen LogP contribution in [0.4, 0.5) is 0 Å². The minimum atomic E-state index is 0.322. The maximum absolute atomic E-state index is 8.63. The van der Waals surface area contributed by atoms with E-state index in [9.17, 15) is 0 Å². The van der Waals surface area contributed by atoms with Crippen molar-refractivity contribution in [3.63, 3.8) is 0 Å². The summed E-state index contributed by atoms with van der Waals surface area (Å²) in [6.07, 6.45) is 2.31. The van der Waals surface area contributed by atoms with Gasteiger partial charge in [0.15, 0.2) is 0 Å². The number of rotatable bonds is 5. The predicted molar refractivity (Wildman–Crippen MR) is 96.1 cm³/mol. The topological polar surface area (TPSA) is 58.3 Å². The lowest BCUT2D eigenvalue weighted by molar-refractivity contribution is 0.475. The summed E-state index contributed by atoms with van der Waals surface area (Å²) < 4.78 is 0. The van der Waals surface area contributed by atoms with E-state index in [0.717, 1.165) is 26.1 Å². The number of aromatic hydroxyl groups is 1. The van der Waals surface area contributed by atoms with Gasteiger partial charge in [-0.15, -0.1) is 0 Å². The summed E-state index contributed by atoms with van der Waals surface area (Å²) in [5.41, 5.74) is 6.59. The van der Waals surface area contributed by atoms with Crippen LogP contribution in [0.5, 0.6) is 5.75 Å². The van der Waals surface area contributed by atoms with Gasteiger partial charge in [-0.3, -0.25) is 0 Å². The molecule has 0 aromatic heterocycles. The molecule has 0 bridgehead atoms. The highest BCUT2D eigenvalue weighted by atomic mass is 16.3. The van der Waals surface area contributed by atoms with E-state index in [0.29, 0.717) is 5.75 Å². The summed E-state index contributed by atoms with van der Waals surface area (Å²) in [6.45, 7) is 7.25. The number of aryl methyl sites for hydroxylation is 1. The molecule has 2 rings (SSSR count). The van der Waals surface area contributed by atoms with E-state index in [1.807, 2.05) is 24.3 Å². The zero-order valence-corrected chi connectivity index (χ0v) is 13.8. The second-order valence-corrected chi connectivity index (χ2v) is 4.88. The lowest BCUT2D eigenvalue weighted by Crippen LogP contribution is -2.18. The molecule has 0 atom stereocenters. The van der Waals surface area contributed by atoms with E-state index in [2.05, 4.69) is 31.3 Å². The monoisotopic (exact) mass is 302 g/mol. The molecular formula is C19H30N2O. The number of para-hydroxylation sites is 1. The molecule has 0 fully saturated rings. The van der Waals surface area contributed by atoms with Crippen molar-refractivity contribution in [2.45, 2.75) is 26.7 Å². The number of phenols is 1. The highest BCUT2D eigenvalue weighted by Gasteiger charge is 1.80. The molecule has 0 saturated heterocycles. The van der Waals surface area contributed by atoms with Gasteiger partial charge in [-0.1, -0.05) is 61.0 Å². The molecule has 0 amide bonds. The van der Waals surface area contributed by atoms with Crippen molar-refractivity contribution in [3.8, 4) is 5.75 Å². The third kappa shape index (κ3) is 14.6. The molecular weight excluding hydrogens is 272 g/mol.